The molecule has 0 radical (unpaired) electrons. The smallest absolute Gasteiger partial charge is 0.372 e. The fourth-order valence-electron chi connectivity index (χ4n) is 4.51. The van der Waals surface area contributed by atoms with Crippen LogP contribution in [0, 0.1) is 18.6 Å². The third-order valence-electron chi connectivity index (χ3n) is 5.98. The van der Waals surface area contributed by atoms with Gasteiger partial charge in [-0.1, -0.05) is 0 Å². The molecule has 13 heteroatoms. The van der Waals surface area contributed by atoms with Crippen LogP contribution in [0.4, 0.5) is 27.8 Å². The van der Waals surface area contributed by atoms with E-state index in [0.29, 0.717) is 19.2 Å². The zero-order valence-corrected chi connectivity index (χ0v) is 20.3. The van der Waals surface area contributed by atoms with Crippen molar-refractivity contribution in [1.29, 1.82) is 0 Å². The first-order valence-corrected chi connectivity index (χ1v) is 11.4. The van der Waals surface area contributed by atoms with E-state index in [-0.39, 0.29) is 23.6 Å². The zero-order valence-electron chi connectivity index (χ0n) is 20.3. The quantitative estimate of drug-likeness (QED) is 0.492. The van der Waals surface area contributed by atoms with Gasteiger partial charge in [-0.3, -0.25) is 9.59 Å². The zero-order chi connectivity index (χ0) is 27.2. The summed E-state index contributed by atoms with van der Waals surface area (Å²) in [4.78, 5) is 36.5. The summed E-state index contributed by atoms with van der Waals surface area (Å²) < 4.78 is 77.4. The Bertz CT molecular complexity index is 1410. The van der Waals surface area contributed by atoms with E-state index < -0.39 is 63.2 Å². The highest BCUT2D eigenvalue weighted by molar-refractivity contribution is 5.94. The van der Waals surface area contributed by atoms with E-state index in [1.165, 1.54) is 18.7 Å². The largest absolute Gasteiger partial charge is 0.416 e. The highest BCUT2D eigenvalue weighted by Gasteiger charge is 2.38. The molecule has 198 valence electrons. The van der Waals surface area contributed by atoms with Crippen molar-refractivity contribution in [3.63, 3.8) is 0 Å². The normalized spacial score (nSPS) is 19.2. The number of pyridine rings is 1. The molecule has 2 N–H and O–H groups in total. The molecule has 1 aliphatic rings. The highest BCUT2D eigenvalue weighted by Crippen LogP contribution is 2.39. The summed E-state index contributed by atoms with van der Waals surface area (Å²) in [5.74, 6) is -3.39. The lowest BCUT2D eigenvalue weighted by molar-refractivity contribution is -0.138. The van der Waals surface area contributed by atoms with Crippen LogP contribution in [0.15, 0.2) is 23.1 Å². The van der Waals surface area contributed by atoms with Gasteiger partial charge in [0.05, 0.1) is 34.9 Å². The first-order valence-electron chi connectivity index (χ1n) is 11.4. The van der Waals surface area contributed by atoms with Gasteiger partial charge in [0.25, 0.3) is 11.5 Å². The van der Waals surface area contributed by atoms with Crippen molar-refractivity contribution in [2.75, 3.05) is 18.4 Å². The Hall–Kier alpha value is -3.61. The molecule has 0 bridgehead atoms. The van der Waals surface area contributed by atoms with Crippen molar-refractivity contribution < 1.29 is 31.5 Å². The number of morpholine rings is 1. The van der Waals surface area contributed by atoms with Gasteiger partial charge in [0.2, 0.25) is 0 Å². The van der Waals surface area contributed by atoms with Gasteiger partial charge in [0, 0.05) is 24.8 Å². The van der Waals surface area contributed by atoms with Gasteiger partial charge in [-0.15, -0.1) is 0 Å². The lowest BCUT2D eigenvalue weighted by Gasteiger charge is -2.35. The van der Waals surface area contributed by atoms with E-state index >= 15 is 4.39 Å². The van der Waals surface area contributed by atoms with Crippen LogP contribution in [0.3, 0.4) is 0 Å². The second-order valence-corrected chi connectivity index (χ2v) is 9.08. The van der Waals surface area contributed by atoms with Crippen molar-refractivity contribution in [2.24, 2.45) is 0 Å². The van der Waals surface area contributed by atoms with E-state index in [2.05, 4.69) is 20.3 Å². The maximum atomic E-state index is 15.4. The average molecular weight is 525 g/mol. The van der Waals surface area contributed by atoms with Crippen LogP contribution in [0.25, 0.3) is 10.9 Å². The summed E-state index contributed by atoms with van der Waals surface area (Å²) in [6, 6.07) is 0.0316. The van der Waals surface area contributed by atoms with Crippen LogP contribution in [-0.2, 0) is 10.9 Å². The van der Waals surface area contributed by atoms with Crippen LogP contribution < -0.4 is 10.9 Å². The summed E-state index contributed by atoms with van der Waals surface area (Å²) in [6.07, 6.45) is -4.33. The Kier molecular flexibility index (Phi) is 6.93. The number of aromatic nitrogens is 3. The summed E-state index contributed by atoms with van der Waals surface area (Å²) in [6.45, 7) is 6.73. The predicted octanol–water partition coefficient (Wildman–Crippen LogP) is 4.35. The number of carbonyl (C=O) groups is 1. The van der Waals surface area contributed by atoms with Crippen LogP contribution in [0.5, 0.6) is 0 Å². The Morgan fingerprint density at radius 3 is 2.46 bits per heavy atom. The lowest BCUT2D eigenvalue weighted by atomic mass is 9.97. The number of ether oxygens (including phenoxy) is 1. The Morgan fingerprint density at radius 1 is 1.22 bits per heavy atom. The molecule has 0 aliphatic carbocycles. The average Bonchev–Trinajstić information content (AvgIpc) is 2.77. The number of hydrogen-bond donors (Lipinski definition) is 2. The Morgan fingerprint density at radius 2 is 1.86 bits per heavy atom. The maximum Gasteiger partial charge on any atom is 0.416 e. The van der Waals surface area contributed by atoms with Crippen molar-refractivity contribution in [2.45, 2.75) is 52.1 Å². The van der Waals surface area contributed by atoms with E-state index in [0.717, 1.165) is 12.3 Å². The molecule has 1 fully saturated rings. The molecule has 1 aliphatic heterocycles. The van der Waals surface area contributed by atoms with E-state index in [1.807, 2.05) is 0 Å². The van der Waals surface area contributed by atoms with Gasteiger partial charge >= 0.3 is 6.18 Å². The number of halogens is 5. The predicted molar refractivity (Wildman–Crippen MR) is 124 cm³/mol. The van der Waals surface area contributed by atoms with Crippen LogP contribution in [0.2, 0.25) is 0 Å². The number of alkyl halides is 3. The monoisotopic (exact) mass is 525 g/mol. The molecule has 1 amide bonds. The number of nitrogens with one attached hydrogen (secondary N) is 2. The summed E-state index contributed by atoms with van der Waals surface area (Å²) in [7, 11) is 0. The topological polar surface area (TPSA) is 100 Å². The summed E-state index contributed by atoms with van der Waals surface area (Å²) in [5, 5.41) is 1.78. The third-order valence-corrected chi connectivity index (χ3v) is 5.98. The van der Waals surface area contributed by atoms with Crippen LogP contribution in [-0.4, -0.2) is 51.1 Å². The number of rotatable bonds is 4. The van der Waals surface area contributed by atoms with Crippen molar-refractivity contribution >= 4 is 22.6 Å². The second kappa shape index (κ2) is 9.69. The van der Waals surface area contributed by atoms with Crippen LogP contribution >= 0.6 is 0 Å². The molecular formula is C24H24F5N5O3. The van der Waals surface area contributed by atoms with E-state index in [1.54, 1.807) is 13.8 Å². The molecule has 3 aromatic rings. The van der Waals surface area contributed by atoms with Gasteiger partial charge in [0.15, 0.2) is 11.6 Å². The number of fused-ring (bicyclic) bond motifs is 1. The number of benzene rings is 1. The van der Waals surface area contributed by atoms with Gasteiger partial charge in [-0.05, 0) is 39.8 Å². The van der Waals surface area contributed by atoms with Gasteiger partial charge in [-0.2, -0.15) is 13.2 Å². The standard InChI is InChI=1S/C24H24F5N5O3/c1-10-8-34(9-11(2)37-10)23(36)14-5-16(25)21(30-7-14)31-12(3)18-15(24(27,28)29)6-17-19(20(18)26)22(35)33-13(4)32-17/h5-7,10-12H,8-9H2,1-4H3,(H,30,31)(H,32,33,35)/t10-,11+,12-/m0/s1. The molecule has 8 nitrogen and oxygen atoms in total. The minimum atomic E-state index is -4.99. The molecule has 1 aromatic carbocycles. The molecule has 2 aromatic heterocycles. The van der Waals surface area contributed by atoms with Gasteiger partial charge in [-0.25, -0.2) is 18.7 Å². The fourth-order valence-corrected chi connectivity index (χ4v) is 4.51. The van der Waals surface area contributed by atoms with Gasteiger partial charge < -0.3 is 19.9 Å². The van der Waals surface area contributed by atoms with E-state index in [4.69, 9.17) is 4.74 Å². The Labute approximate surface area is 207 Å². The molecule has 1 saturated heterocycles. The molecular weight excluding hydrogens is 501 g/mol. The lowest BCUT2D eigenvalue weighted by Crippen LogP contribution is -2.48. The van der Waals surface area contributed by atoms with E-state index in [9.17, 15) is 27.2 Å². The number of hydrogen-bond acceptors (Lipinski definition) is 6. The number of anilines is 1. The number of amides is 1. The minimum Gasteiger partial charge on any atom is -0.372 e. The number of carbonyl (C=O) groups excluding carboxylic acids is 1. The first kappa shape index (κ1) is 26.5. The van der Waals surface area contributed by atoms with Crippen molar-refractivity contribution in [3.8, 4) is 0 Å². The molecule has 0 saturated carbocycles. The second-order valence-electron chi connectivity index (χ2n) is 9.08. The first-order chi connectivity index (χ1) is 17.3. The van der Waals surface area contributed by atoms with Crippen LogP contribution in [0.1, 0.15) is 54.1 Å². The molecule has 0 spiro atoms. The fraction of sp³-hybridized carbons (Fsp3) is 0.417. The number of nitrogens with zero attached hydrogens (tertiary/aromatic N) is 3. The molecule has 0 unspecified atom stereocenters. The molecule has 3 heterocycles. The summed E-state index contributed by atoms with van der Waals surface area (Å²) in [5.41, 5.74) is -3.72. The SMILES string of the molecule is Cc1nc2cc(C(F)(F)F)c([C@H](C)Nc3ncc(C(=O)N4C[C@@H](C)O[C@@H](C)C4)cc3F)c(F)c2c(=O)[nH]1. The summed E-state index contributed by atoms with van der Waals surface area (Å²) >= 11 is 0. The molecule has 37 heavy (non-hydrogen) atoms. The minimum absolute atomic E-state index is 0.0193. The Balaban J connectivity index is 1.68. The molecule has 3 atom stereocenters. The van der Waals surface area contributed by atoms with Crippen molar-refractivity contribution in [1.82, 2.24) is 19.9 Å². The maximum absolute atomic E-state index is 15.4. The highest BCUT2D eigenvalue weighted by atomic mass is 19.4. The third kappa shape index (κ3) is 5.26. The number of aromatic amines is 1. The molecule has 4 rings (SSSR count). The van der Waals surface area contributed by atoms with Gasteiger partial charge in [0.1, 0.15) is 17.0 Å². The number of aryl methyl sites for hydroxylation is 1. The van der Waals surface area contributed by atoms with Crippen molar-refractivity contribution in [3.05, 3.63) is 62.8 Å². The number of H-pyrrole nitrogens is 1.